The van der Waals surface area contributed by atoms with Crippen molar-refractivity contribution in [2.24, 2.45) is 5.41 Å². The van der Waals surface area contributed by atoms with Crippen LogP contribution in [-0.2, 0) is 4.79 Å². The van der Waals surface area contributed by atoms with Crippen molar-refractivity contribution < 1.29 is 9.59 Å². The van der Waals surface area contributed by atoms with Gasteiger partial charge in [-0.05, 0) is 37.6 Å². The number of thioether (sulfide) groups is 1. The zero-order valence-corrected chi connectivity index (χ0v) is 17.6. The molecule has 2 aromatic rings. The van der Waals surface area contributed by atoms with E-state index in [9.17, 15) is 9.59 Å². The van der Waals surface area contributed by atoms with Crippen LogP contribution in [0.5, 0.6) is 0 Å². The van der Waals surface area contributed by atoms with Crippen LogP contribution in [0.2, 0.25) is 0 Å². The number of aryl methyl sites for hydroxylation is 2. The normalized spacial score (nSPS) is 11.3. The summed E-state index contributed by atoms with van der Waals surface area (Å²) in [5.41, 5.74) is 1.65. The fraction of sp³-hybridized carbons (Fsp3) is 0.400. The molecule has 0 aliphatic rings. The Bertz CT molecular complexity index is 774. The lowest BCUT2D eigenvalue weighted by molar-refractivity contribution is -0.123. The highest BCUT2D eigenvalue weighted by Crippen LogP contribution is 2.28. The number of benzene rings is 1. The van der Waals surface area contributed by atoms with Crippen LogP contribution in [0, 0.1) is 19.3 Å². The third-order valence-electron chi connectivity index (χ3n) is 3.72. The first-order chi connectivity index (χ1) is 12.2. The fourth-order valence-corrected chi connectivity index (χ4v) is 3.87. The van der Waals surface area contributed by atoms with Gasteiger partial charge in [-0.2, -0.15) is 0 Å². The Balaban J connectivity index is 1.85. The van der Waals surface area contributed by atoms with Gasteiger partial charge >= 0.3 is 0 Å². The molecular weight excluding hydrogens is 364 g/mol. The van der Waals surface area contributed by atoms with Crippen molar-refractivity contribution >= 4 is 39.9 Å². The predicted octanol–water partition coefficient (Wildman–Crippen LogP) is 4.87. The van der Waals surface area contributed by atoms with Crippen molar-refractivity contribution in [3.63, 3.8) is 0 Å². The van der Waals surface area contributed by atoms with Crippen LogP contribution in [-0.4, -0.2) is 24.1 Å². The van der Waals surface area contributed by atoms with Gasteiger partial charge in [-0.15, -0.1) is 23.1 Å². The largest absolute Gasteiger partial charge is 0.350 e. The van der Waals surface area contributed by atoms with E-state index in [0.29, 0.717) is 16.4 Å². The van der Waals surface area contributed by atoms with Crippen molar-refractivity contribution in [3.05, 3.63) is 46.3 Å². The molecule has 4 nitrogen and oxygen atoms in total. The number of anilines is 1. The van der Waals surface area contributed by atoms with Crippen molar-refractivity contribution in [2.45, 2.75) is 39.5 Å². The van der Waals surface area contributed by atoms with E-state index in [4.69, 9.17) is 0 Å². The standard InChI is InChI=1S/C20H26N2O2S2/c1-13-6-8-15(9-7-13)25-11-10-21-18(23)17-14(2)12-16(26-17)22-19(24)20(3,4)5/h6-9,12H,10-11H2,1-5H3,(H,21,23)(H,22,24). The molecule has 0 radical (unpaired) electrons. The van der Waals surface area contributed by atoms with E-state index in [-0.39, 0.29) is 11.8 Å². The molecular formula is C20H26N2O2S2. The first-order valence-corrected chi connectivity index (χ1v) is 10.4. The van der Waals surface area contributed by atoms with Crippen molar-refractivity contribution in [3.8, 4) is 0 Å². The van der Waals surface area contributed by atoms with Gasteiger partial charge in [-0.3, -0.25) is 9.59 Å². The molecule has 0 bridgehead atoms. The SMILES string of the molecule is Cc1ccc(SCCNC(=O)c2sc(NC(=O)C(C)(C)C)cc2C)cc1. The van der Waals surface area contributed by atoms with Gasteiger partial charge in [0.05, 0.1) is 9.88 Å². The highest BCUT2D eigenvalue weighted by atomic mass is 32.2. The summed E-state index contributed by atoms with van der Waals surface area (Å²) in [6, 6.07) is 10.2. The molecule has 6 heteroatoms. The minimum atomic E-state index is -0.465. The van der Waals surface area contributed by atoms with E-state index in [1.165, 1.54) is 21.8 Å². The summed E-state index contributed by atoms with van der Waals surface area (Å²) >= 11 is 3.04. The van der Waals surface area contributed by atoms with Gasteiger partial charge in [0.1, 0.15) is 0 Å². The van der Waals surface area contributed by atoms with Crippen LogP contribution >= 0.6 is 23.1 Å². The number of carbonyl (C=O) groups excluding carboxylic acids is 2. The molecule has 0 saturated heterocycles. The number of rotatable bonds is 6. The van der Waals surface area contributed by atoms with Gasteiger partial charge in [-0.1, -0.05) is 38.5 Å². The maximum atomic E-state index is 12.4. The first kappa shape index (κ1) is 20.5. The number of hydrogen-bond donors (Lipinski definition) is 2. The number of amides is 2. The van der Waals surface area contributed by atoms with Crippen LogP contribution in [0.25, 0.3) is 0 Å². The Morgan fingerprint density at radius 2 is 1.77 bits per heavy atom. The Hall–Kier alpha value is -1.79. The molecule has 0 saturated carbocycles. The smallest absolute Gasteiger partial charge is 0.261 e. The van der Waals surface area contributed by atoms with Gasteiger partial charge in [-0.25, -0.2) is 0 Å². The van der Waals surface area contributed by atoms with Gasteiger partial charge in [0.15, 0.2) is 0 Å². The molecule has 1 aromatic heterocycles. The maximum Gasteiger partial charge on any atom is 0.261 e. The number of carbonyl (C=O) groups is 2. The average molecular weight is 391 g/mol. The third-order valence-corrected chi connectivity index (χ3v) is 5.88. The molecule has 2 amide bonds. The lowest BCUT2D eigenvalue weighted by atomic mass is 9.96. The van der Waals surface area contributed by atoms with Crippen molar-refractivity contribution in [1.82, 2.24) is 5.32 Å². The summed E-state index contributed by atoms with van der Waals surface area (Å²) in [4.78, 5) is 26.3. The van der Waals surface area contributed by atoms with E-state index in [1.54, 1.807) is 11.8 Å². The Morgan fingerprint density at radius 3 is 2.38 bits per heavy atom. The van der Waals surface area contributed by atoms with Crippen LogP contribution in [0.3, 0.4) is 0 Å². The minimum Gasteiger partial charge on any atom is -0.350 e. The summed E-state index contributed by atoms with van der Waals surface area (Å²) in [5.74, 6) is 0.667. The van der Waals surface area contributed by atoms with Crippen LogP contribution in [0.4, 0.5) is 5.00 Å². The van der Waals surface area contributed by atoms with Crippen molar-refractivity contribution in [2.75, 3.05) is 17.6 Å². The topological polar surface area (TPSA) is 58.2 Å². The molecule has 26 heavy (non-hydrogen) atoms. The van der Waals surface area contributed by atoms with Crippen molar-refractivity contribution in [1.29, 1.82) is 0 Å². The highest BCUT2D eigenvalue weighted by Gasteiger charge is 2.23. The van der Waals surface area contributed by atoms with Crippen LogP contribution in [0.1, 0.15) is 41.6 Å². The molecule has 0 atom stereocenters. The maximum absolute atomic E-state index is 12.4. The monoisotopic (exact) mass is 390 g/mol. The lowest BCUT2D eigenvalue weighted by Crippen LogP contribution is -2.27. The van der Waals surface area contributed by atoms with Crippen LogP contribution < -0.4 is 10.6 Å². The molecule has 0 fully saturated rings. The van der Waals surface area contributed by atoms with E-state index in [0.717, 1.165) is 11.3 Å². The molecule has 0 aliphatic carbocycles. The number of nitrogens with one attached hydrogen (secondary N) is 2. The Kier molecular flexibility index (Phi) is 6.89. The van der Waals surface area contributed by atoms with Gasteiger partial charge in [0, 0.05) is 22.6 Å². The number of thiophene rings is 1. The lowest BCUT2D eigenvalue weighted by Gasteiger charge is -2.16. The second-order valence-corrected chi connectivity index (χ2v) is 9.46. The zero-order valence-electron chi connectivity index (χ0n) is 15.9. The second-order valence-electron chi connectivity index (χ2n) is 7.24. The van der Waals surface area contributed by atoms with Crippen LogP contribution in [0.15, 0.2) is 35.2 Å². The first-order valence-electron chi connectivity index (χ1n) is 8.56. The summed E-state index contributed by atoms with van der Waals surface area (Å²) in [7, 11) is 0. The molecule has 140 valence electrons. The minimum absolute atomic E-state index is 0.0554. The molecule has 1 aromatic carbocycles. The predicted molar refractivity (Wildman–Crippen MR) is 111 cm³/mol. The summed E-state index contributed by atoms with van der Waals surface area (Å²) in [5, 5.41) is 6.55. The quantitative estimate of drug-likeness (QED) is 0.546. The Morgan fingerprint density at radius 1 is 1.12 bits per heavy atom. The molecule has 2 N–H and O–H groups in total. The molecule has 0 unspecified atom stereocenters. The van der Waals surface area contributed by atoms with E-state index < -0.39 is 5.41 Å². The number of hydrogen-bond acceptors (Lipinski definition) is 4. The zero-order chi connectivity index (χ0) is 19.3. The Labute approximate surface area is 163 Å². The van der Waals surface area contributed by atoms with E-state index in [2.05, 4.69) is 41.8 Å². The van der Waals surface area contributed by atoms with Gasteiger partial charge < -0.3 is 10.6 Å². The van der Waals surface area contributed by atoms with Gasteiger partial charge in [0.2, 0.25) is 5.91 Å². The third kappa shape index (κ3) is 5.88. The summed E-state index contributed by atoms with van der Waals surface area (Å²) < 4.78 is 0. The molecule has 0 aliphatic heterocycles. The van der Waals surface area contributed by atoms with Gasteiger partial charge in [0.25, 0.3) is 5.91 Å². The van der Waals surface area contributed by atoms with E-state index >= 15 is 0 Å². The average Bonchev–Trinajstić information content (AvgIpc) is 2.92. The highest BCUT2D eigenvalue weighted by molar-refractivity contribution is 7.99. The van der Waals surface area contributed by atoms with E-state index in [1.807, 2.05) is 33.8 Å². The molecule has 2 rings (SSSR count). The molecule has 1 heterocycles. The second kappa shape index (κ2) is 8.73. The fourth-order valence-electron chi connectivity index (χ4n) is 2.12. The molecule has 0 spiro atoms. The summed E-state index contributed by atoms with van der Waals surface area (Å²) in [6.45, 7) is 10.1. The summed E-state index contributed by atoms with van der Waals surface area (Å²) in [6.07, 6.45) is 0.